The Balaban J connectivity index is 1.99. The highest BCUT2D eigenvalue weighted by Gasteiger charge is 2.53. The molecule has 1 aliphatic heterocycles. The number of esters is 1. The maximum absolute atomic E-state index is 12.6. The predicted molar refractivity (Wildman–Crippen MR) is 99.8 cm³/mol. The number of benzene rings is 2. The molecule has 2 aromatic carbocycles. The van der Waals surface area contributed by atoms with Crippen molar-refractivity contribution < 1.29 is 19.0 Å². The molecule has 1 heterocycles. The first-order valence-electron chi connectivity index (χ1n) is 9.11. The molecule has 4 heteroatoms. The average molecular weight is 354 g/mol. The van der Waals surface area contributed by atoms with Gasteiger partial charge in [-0.05, 0) is 18.1 Å². The molecule has 1 fully saturated rings. The van der Waals surface area contributed by atoms with Crippen molar-refractivity contribution in [1.82, 2.24) is 0 Å². The number of carbonyl (C=O) groups excluding carboxylic acids is 1. The van der Waals surface area contributed by atoms with Gasteiger partial charge in [0.15, 0.2) is 0 Å². The third-order valence-electron chi connectivity index (χ3n) is 5.04. The van der Waals surface area contributed by atoms with Crippen LogP contribution in [0, 0.1) is 5.92 Å². The minimum Gasteiger partial charge on any atom is -0.462 e. The fourth-order valence-corrected chi connectivity index (χ4v) is 3.48. The second-order valence-electron chi connectivity index (χ2n) is 6.93. The molecule has 4 nitrogen and oxygen atoms in total. The van der Waals surface area contributed by atoms with E-state index < -0.39 is 17.2 Å². The van der Waals surface area contributed by atoms with E-state index in [1.165, 1.54) is 0 Å². The van der Waals surface area contributed by atoms with Crippen molar-refractivity contribution in [2.75, 3.05) is 19.8 Å². The lowest BCUT2D eigenvalue weighted by atomic mass is 9.74. The summed E-state index contributed by atoms with van der Waals surface area (Å²) in [5.74, 6) is -1.97. The van der Waals surface area contributed by atoms with Crippen LogP contribution in [-0.4, -0.2) is 31.6 Å². The van der Waals surface area contributed by atoms with Crippen LogP contribution in [0.4, 0.5) is 0 Å². The molecule has 2 aromatic rings. The Morgan fingerprint density at radius 1 is 0.962 bits per heavy atom. The number of hydrogen-bond acceptors (Lipinski definition) is 4. The summed E-state index contributed by atoms with van der Waals surface area (Å²) in [7, 11) is 0. The van der Waals surface area contributed by atoms with Gasteiger partial charge in [0, 0.05) is 5.92 Å². The second kappa shape index (κ2) is 7.60. The van der Waals surface area contributed by atoms with E-state index >= 15 is 0 Å². The molecule has 1 aliphatic rings. The Bertz CT molecular complexity index is 675. The first kappa shape index (κ1) is 18.6. The second-order valence-corrected chi connectivity index (χ2v) is 6.93. The van der Waals surface area contributed by atoms with Crippen molar-refractivity contribution in [3.05, 3.63) is 71.8 Å². The molecule has 0 amide bonds. The highest BCUT2D eigenvalue weighted by Crippen LogP contribution is 2.41. The topological polar surface area (TPSA) is 44.8 Å². The molecular weight excluding hydrogens is 328 g/mol. The Morgan fingerprint density at radius 2 is 1.42 bits per heavy atom. The highest BCUT2D eigenvalue weighted by atomic mass is 16.7. The zero-order valence-corrected chi connectivity index (χ0v) is 15.6. The van der Waals surface area contributed by atoms with Crippen LogP contribution >= 0.6 is 0 Å². The van der Waals surface area contributed by atoms with E-state index in [1.54, 1.807) is 6.92 Å². The molecule has 0 spiro atoms. The summed E-state index contributed by atoms with van der Waals surface area (Å²) in [6, 6.07) is 20.3. The van der Waals surface area contributed by atoms with Gasteiger partial charge in [-0.2, -0.15) is 0 Å². The van der Waals surface area contributed by atoms with Gasteiger partial charge in [-0.25, -0.2) is 4.79 Å². The normalized spacial score (nSPS) is 18.5. The standard InChI is InChI=1S/C22H26O4/c1-4-24-20(23)22(17(2)3)25-15-21(16-26-22,18-11-7-5-8-12-18)19-13-9-6-10-14-19/h5-14,17H,4,15-16H2,1-3H3. The first-order valence-corrected chi connectivity index (χ1v) is 9.11. The van der Waals surface area contributed by atoms with E-state index in [-0.39, 0.29) is 5.92 Å². The molecule has 0 bridgehead atoms. The molecule has 26 heavy (non-hydrogen) atoms. The van der Waals surface area contributed by atoms with Crippen LogP contribution < -0.4 is 0 Å². The summed E-state index contributed by atoms with van der Waals surface area (Å²) >= 11 is 0. The largest absolute Gasteiger partial charge is 0.462 e. The van der Waals surface area contributed by atoms with E-state index in [0.717, 1.165) is 11.1 Å². The summed E-state index contributed by atoms with van der Waals surface area (Å²) < 4.78 is 17.6. The van der Waals surface area contributed by atoms with Gasteiger partial charge in [0.05, 0.1) is 25.2 Å². The van der Waals surface area contributed by atoms with Gasteiger partial charge in [0.25, 0.3) is 5.79 Å². The number of hydrogen-bond donors (Lipinski definition) is 0. The van der Waals surface area contributed by atoms with Crippen LogP contribution in [0.5, 0.6) is 0 Å². The van der Waals surface area contributed by atoms with Crippen molar-refractivity contribution in [1.29, 1.82) is 0 Å². The third kappa shape index (κ3) is 3.15. The van der Waals surface area contributed by atoms with Crippen molar-refractivity contribution in [3.63, 3.8) is 0 Å². The quantitative estimate of drug-likeness (QED) is 0.763. The van der Waals surface area contributed by atoms with Crippen molar-refractivity contribution >= 4 is 5.97 Å². The lowest BCUT2D eigenvalue weighted by Gasteiger charge is -2.47. The number of carbonyl (C=O) groups is 1. The Labute approximate surface area is 155 Å². The fourth-order valence-electron chi connectivity index (χ4n) is 3.48. The molecule has 0 unspecified atom stereocenters. The number of rotatable bonds is 5. The summed E-state index contributed by atoms with van der Waals surface area (Å²) in [6.45, 7) is 6.59. The molecule has 0 atom stereocenters. The van der Waals surface area contributed by atoms with Crippen molar-refractivity contribution in [3.8, 4) is 0 Å². The van der Waals surface area contributed by atoms with Crippen LogP contribution in [0.15, 0.2) is 60.7 Å². The molecule has 1 saturated heterocycles. The molecule has 138 valence electrons. The SMILES string of the molecule is CCOC(=O)C1(C(C)C)OCC(c2ccccc2)(c2ccccc2)CO1. The van der Waals surface area contributed by atoms with E-state index in [1.807, 2.05) is 50.2 Å². The Morgan fingerprint density at radius 3 is 1.81 bits per heavy atom. The van der Waals surface area contributed by atoms with Gasteiger partial charge in [0.1, 0.15) is 0 Å². The smallest absolute Gasteiger partial charge is 0.367 e. The van der Waals surface area contributed by atoms with Gasteiger partial charge in [-0.15, -0.1) is 0 Å². The van der Waals surface area contributed by atoms with Gasteiger partial charge >= 0.3 is 5.97 Å². The molecule has 0 saturated carbocycles. The van der Waals surface area contributed by atoms with E-state index in [0.29, 0.717) is 19.8 Å². The summed E-state index contributed by atoms with van der Waals surface area (Å²) in [5, 5.41) is 0. The Kier molecular flexibility index (Phi) is 5.44. The lowest BCUT2D eigenvalue weighted by Crippen LogP contribution is -2.59. The molecule has 0 aromatic heterocycles. The van der Waals surface area contributed by atoms with Crippen LogP contribution in [0.3, 0.4) is 0 Å². The zero-order valence-electron chi connectivity index (χ0n) is 15.6. The van der Waals surface area contributed by atoms with E-state index in [9.17, 15) is 4.79 Å². The van der Waals surface area contributed by atoms with E-state index in [2.05, 4.69) is 24.3 Å². The van der Waals surface area contributed by atoms with Gasteiger partial charge in [0.2, 0.25) is 0 Å². The lowest BCUT2D eigenvalue weighted by molar-refractivity contribution is -0.299. The summed E-state index contributed by atoms with van der Waals surface area (Å²) in [4.78, 5) is 12.6. The summed E-state index contributed by atoms with van der Waals surface area (Å²) in [6.07, 6.45) is 0. The maximum Gasteiger partial charge on any atom is 0.367 e. The van der Waals surface area contributed by atoms with Crippen molar-refractivity contribution in [2.24, 2.45) is 5.92 Å². The molecule has 0 N–H and O–H groups in total. The third-order valence-corrected chi connectivity index (χ3v) is 5.04. The zero-order chi connectivity index (χ0) is 18.6. The van der Waals surface area contributed by atoms with Gasteiger partial charge in [-0.3, -0.25) is 0 Å². The van der Waals surface area contributed by atoms with Crippen LogP contribution in [0.1, 0.15) is 31.9 Å². The fraction of sp³-hybridized carbons (Fsp3) is 0.409. The minimum absolute atomic E-state index is 0.161. The van der Waals surface area contributed by atoms with Crippen LogP contribution in [0.2, 0.25) is 0 Å². The molecular formula is C22H26O4. The Hall–Kier alpha value is -2.17. The van der Waals surface area contributed by atoms with Crippen LogP contribution in [-0.2, 0) is 24.4 Å². The predicted octanol–water partition coefficient (Wildman–Crippen LogP) is 3.93. The van der Waals surface area contributed by atoms with Gasteiger partial charge in [-0.1, -0.05) is 74.5 Å². The maximum atomic E-state index is 12.6. The van der Waals surface area contributed by atoms with Gasteiger partial charge < -0.3 is 14.2 Å². The minimum atomic E-state index is -1.36. The van der Waals surface area contributed by atoms with E-state index in [4.69, 9.17) is 14.2 Å². The van der Waals surface area contributed by atoms with Crippen molar-refractivity contribution in [2.45, 2.75) is 32.0 Å². The number of ether oxygens (including phenoxy) is 3. The highest BCUT2D eigenvalue weighted by molar-refractivity contribution is 5.78. The van der Waals surface area contributed by atoms with Crippen LogP contribution in [0.25, 0.3) is 0 Å². The molecule has 3 rings (SSSR count). The average Bonchev–Trinajstić information content (AvgIpc) is 2.69. The molecule has 0 aliphatic carbocycles. The summed E-state index contributed by atoms with van der Waals surface area (Å²) in [5.41, 5.74) is 1.74. The monoisotopic (exact) mass is 354 g/mol. The first-order chi connectivity index (χ1) is 12.5. The molecule has 0 radical (unpaired) electrons.